The smallest absolute Gasteiger partial charge is 0.346 e. The lowest BCUT2D eigenvalue weighted by Gasteiger charge is -1.99. The Morgan fingerprint density at radius 2 is 2.60 bits per heavy atom. The number of nitrogens with one attached hydrogen (secondary N) is 1. The zero-order valence-electron chi connectivity index (χ0n) is 8.05. The average Bonchev–Trinajstić information content (AvgIpc) is 2.70. The van der Waals surface area contributed by atoms with E-state index in [1.807, 2.05) is 0 Å². The van der Waals surface area contributed by atoms with Crippen LogP contribution in [0.25, 0.3) is 0 Å². The van der Waals surface area contributed by atoms with Crippen LogP contribution in [0, 0.1) is 0 Å². The molecule has 1 saturated heterocycles. The summed E-state index contributed by atoms with van der Waals surface area (Å²) >= 11 is 1.67. The first-order valence-corrected chi connectivity index (χ1v) is 5.42. The highest BCUT2D eigenvalue weighted by molar-refractivity contribution is 8.00. The number of aliphatic hydroxyl groups is 1. The molecule has 2 rings (SSSR count). The van der Waals surface area contributed by atoms with Gasteiger partial charge in [0.05, 0.1) is 13.2 Å². The molecule has 1 unspecified atom stereocenters. The number of aromatic amines is 1. The Bertz CT molecular complexity index is 338. The van der Waals surface area contributed by atoms with Crippen LogP contribution in [-0.4, -0.2) is 39.5 Å². The summed E-state index contributed by atoms with van der Waals surface area (Å²) in [5.74, 6) is 1.37. The number of aromatic nitrogens is 2. The molecular formula is C8H13N3O3S. The van der Waals surface area contributed by atoms with Crippen LogP contribution in [0.5, 0.6) is 0 Å². The normalized spacial score (nSPS) is 19.4. The number of ether oxygens (including phenoxy) is 1. The number of aliphatic hydroxyl groups excluding tert-OH is 1. The Morgan fingerprint density at radius 3 is 2.93 bits per heavy atom. The maximum atomic E-state index is 10.2. The lowest BCUT2D eigenvalue weighted by atomic mass is 10.6. The SMILES string of the molecule is Nc1ccnc(=O)[nH]1.OCC1OCCS1. The summed E-state index contributed by atoms with van der Waals surface area (Å²) in [5, 5.41) is 8.42. The summed E-state index contributed by atoms with van der Waals surface area (Å²) in [6.07, 6.45) is 1.36. The molecule has 0 spiro atoms. The number of hydrogen-bond donors (Lipinski definition) is 3. The van der Waals surface area contributed by atoms with E-state index >= 15 is 0 Å². The van der Waals surface area contributed by atoms with Crippen molar-refractivity contribution in [1.82, 2.24) is 9.97 Å². The largest absolute Gasteiger partial charge is 0.393 e. The molecule has 0 saturated carbocycles. The third kappa shape index (κ3) is 4.82. The van der Waals surface area contributed by atoms with Crippen molar-refractivity contribution in [2.24, 2.45) is 0 Å². The first-order chi connectivity index (χ1) is 7.22. The van der Waals surface area contributed by atoms with Gasteiger partial charge in [-0.3, -0.25) is 4.98 Å². The summed E-state index contributed by atoms with van der Waals surface area (Å²) < 4.78 is 5.02. The minimum atomic E-state index is -0.412. The van der Waals surface area contributed by atoms with E-state index in [9.17, 15) is 4.79 Å². The van der Waals surface area contributed by atoms with Crippen molar-refractivity contribution in [3.63, 3.8) is 0 Å². The van der Waals surface area contributed by atoms with E-state index in [1.54, 1.807) is 11.8 Å². The number of anilines is 1. The van der Waals surface area contributed by atoms with Gasteiger partial charge in [0, 0.05) is 11.9 Å². The zero-order valence-corrected chi connectivity index (χ0v) is 8.87. The van der Waals surface area contributed by atoms with Crippen LogP contribution in [0.2, 0.25) is 0 Å². The highest BCUT2D eigenvalue weighted by Gasteiger charge is 2.13. The second-order valence-electron chi connectivity index (χ2n) is 2.68. The van der Waals surface area contributed by atoms with Crippen molar-refractivity contribution in [2.45, 2.75) is 5.44 Å². The molecule has 0 radical (unpaired) electrons. The molecule has 15 heavy (non-hydrogen) atoms. The fraction of sp³-hybridized carbons (Fsp3) is 0.500. The quantitative estimate of drug-likeness (QED) is 0.598. The van der Waals surface area contributed by atoms with Crippen LogP contribution in [0.4, 0.5) is 5.82 Å². The van der Waals surface area contributed by atoms with Crippen LogP contribution in [-0.2, 0) is 4.74 Å². The van der Waals surface area contributed by atoms with E-state index in [1.165, 1.54) is 12.3 Å². The fourth-order valence-electron chi connectivity index (χ4n) is 0.895. The molecule has 84 valence electrons. The van der Waals surface area contributed by atoms with Crippen molar-refractivity contribution in [2.75, 3.05) is 24.7 Å². The first kappa shape index (κ1) is 12.0. The number of rotatable bonds is 1. The van der Waals surface area contributed by atoms with Crippen LogP contribution in [0.1, 0.15) is 0 Å². The van der Waals surface area contributed by atoms with Gasteiger partial charge in [-0.2, -0.15) is 0 Å². The van der Waals surface area contributed by atoms with Gasteiger partial charge in [0.25, 0.3) is 0 Å². The molecule has 0 aliphatic carbocycles. The van der Waals surface area contributed by atoms with Gasteiger partial charge in [0.1, 0.15) is 11.3 Å². The van der Waals surface area contributed by atoms with Crippen molar-refractivity contribution in [1.29, 1.82) is 0 Å². The maximum absolute atomic E-state index is 10.2. The zero-order chi connectivity index (χ0) is 11.1. The molecule has 4 N–H and O–H groups in total. The second-order valence-corrected chi connectivity index (χ2v) is 3.95. The number of nitrogens with zero attached hydrogens (tertiary/aromatic N) is 1. The summed E-state index contributed by atoms with van der Waals surface area (Å²) in [4.78, 5) is 15.9. The predicted molar refractivity (Wildman–Crippen MR) is 58.6 cm³/mol. The van der Waals surface area contributed by atoms with Crippen LogP contribution < -0.4 is 11.4 Å². The van der Waals surface area contributed by atoms with Crippen molar-refractivity contribution < 1.29 is 9.84 Å². The Labute approximate surface area is 90.9 Å². The Morgan fingerprint density at radius 1 is 1.80 bits per heavy atom. The Hall–Kier alpha value is -1.05. The van der Waals surface area contributed by atoms with Gasteiger partial charge >= 0.3 is 5.69 Å². The number of hydrogen-bond acceptors (Lipinski definition) is 6. The molecule has 1 aromatic rings. The molecule has 6 nitrogen and oxygen atoms in total. The molecule has 0 aromatic carbocycles. The van der Waals surface area contributed by atoms with Crippen molar-refractivity contribution >= 4 is 17.6 Å². The minimum Gasteiger partial charge on any atom is -0.393 e. The van der Waals surface area contributed by atoms with Gasteiger partial charge in [0.15, 0.2) is 0 Å². The Kier molecular flexibility index (Phi) is 5.16. The number of thioether (sulfide) groups is 1. The van der Waals surface area contributed by atoms with E-state index in [0.29, 0.717) is 5.82 Å². The highest BCUT2D eigenvalue weighted by atomic mass is 32.2. The minimum absolute atomic E-state index is 0.0694. The molecule has 0 amide bonds. The predicted octanol–water partition coefficient (Wildman–Crippen LogP) is -0.580. The maximum Gasteiger partial charge on any atom is 0.346 e. The van der Waals surface area contributed by atoms with Crippen LogP contribution >= 0.6 is 11.8 Å². The molecule has 1 atom stereocenters. The Balaban J connectivity index is 0.000000151. The lowest BCUT2D eigenvalue weighted by molar-refractivity contribution is 0.0918. The molecule has 2 heterocycles. The third-order valence-electron chi connectivity index (χ3n) is 1.54. The first-order valence-electron chi connectivity index (χ1n) is 4.37. The van der Waals surface area contributed by atoms with Crippen molar-refractivity contribution in [3.8, 4) is 0 Å². The monoisotopic (exact) mass is 231 g/mol. The number of nitrogen functional groups attached to an aromatic ring is 1. The van der Waals surface area contributed by atoms with Gasteiger partial charge in [-0.05, 0) is 6.07 Å². The number of nitrogens with two attached hydrogens (primary N) is 1. The summed E-state index contributed by atoms with van der Waals surface area (Å²) in [6.45, 7) is 0.959. The van der Waals surface area contributed by atoms with E-state index in [0.717, 1.165) is 12.4 Å². The molecule has 0 bridgehead atoms. The highest BCUT2D eigenvalue weighted by Crippen LogP contribution is 2.17. The van der Waals surface area contributed by atoms with E-state index in [-0.39, 0.29) is 12.0 Å². The second kappa shape index (κ2) is 6.44. The average molecular weight is 231 g/mol. The van der Waals surface area contributed by atoms with Crippen molar-refractivity contribution in [3.05, 3.63) is 22.7 Å². The molecule has 1 aliphatic heterocycles. The van der Waals surface area contributed by atoms with Gasteiger partial charge in [-0.15, -0.1) is 11.8 Å². The lowest BCUT2D eigenvalue weighted by Crippen LogP contribution is -2.10. The van der Waals surface area contributed by atoms with Gasteiger partial charge in [0.2, 0.25) is 0 Å². The van der Waals surface area contributed by atoms with E-state index < -0.39 is 5.69 Å². The molecule has 7 heteroatoms. The summed E-state index contributed by atoms with van der Waals surface area (Å²) in [5.41, 5.74) is 4.82. The van der Waals surface area contributed by atoms with Crippen LogP contribution in [0.15, 0.2) is 17.1 Å². The van der Waals surface area contributed by atoms with Crippen LogP contribution in [0.3, 0.4) is 0 Å². The van der Waals surface area contributed by atoms with E-state index in [4.69, 9.17) is 15.6 Å². The third-order valence-corrected chi connectivity index (χ3v) is 2.60. The summed E-state index contributed by atoms with van der Waals surface area (Å²) in [7, 11) is 0. The molecule has 1 aromatic heterocycles. The fourth-order valence-corrected chi connectivity index (χ4v) is 1.65. The van der Waals surface area contributed by atoms with Gasteiger partial charge in [-0.25, -0.2) is 9.78 Å². The number of H-pyrrole nitrogens is 1. The molecule has 1 aliphatic rings. The van der Waals surface area contributed by atoms with E-state index in [2.05, 4.69) is 9.97 Å². The topological polar surface area (TPSA) is 101 Å². The summed E-state index contributed by atoms with van der Waals surface area (Å²) in [6, 6.07) is 1.52. The van der Waals surface area contributed by atoms with Gasteiger partial charge in [-0.1, -0.05) is 0 Å². The standard InChI is InChI=1S/C4H5N3O.C4H8O2S/c5-3-1-2-6-4(8)7-3;5-3-4-6-1-2-7-4/h1-2H,(H3,5,6,7,8);4-5H,1-3H2. The van der Waals surface area contributed by atoms with Gasteiger partial charge < -0.3 is 15.6 Å². The molecular weight excluding hydrogens is 218 g/mol. The molecule has 1 fully saturated rings.